The highest BCUT2D eigenvalue weighted by Gasteiger charge is 2.46. The Kier molecular flexibility index (Phi) is 10.7. The first kappa shape index (κ1) is 27.6. The minimum Gasteiger partial charge on any atom is -0.421 e. The van der Waals surface area contributed by atoms with Crippen molar-refractivity contribution in [2.45, 2.75) is 51.6 Å². The number of hydrogen-bond acceptors (Lipinski definition) is 4. The number of quaternary nitrogens is 1. The number of unbranched alkanes of at least 4 members (excludes halogenated alkanes) is 1. The maximum Gasteiger partial charge on any atom is 0.480 e. The number of hydrogen-bond donors (Lipinski definition) is 0. The first-order valence-electron chi connectivity index (χ1n) is 7.67. The minimum absolute atomic E-state index is 0.778. The van der Waals surface area contributed by atoms with E-state index in [-0.39, 0.29) is 0 Å². The van der Waals surface area contributed by atoms with Gasteiger partial charge in [-0.1, -0.05) is 13.3 Å². The fraction of sp³-hybridized carbons (Fsp3) is 1.00. The quantitative estimate of drug-likeness (QED) is 0.427. The second kappa shape index (κ2) is 10.1. The van der Waals surface area contributed by atoms with Crippen LogP contribution in [0.25, 0.3) is 4.13 Å². The lowest BCUT2D eigenvalue weighted by atomic mass is 10.2. The minimum atomic E-state index is -6.72. The van der Waals surface area contributed by atoms with Crippen LogP contribution in [0.3, 0.4) is 0 Å². The predicted octanol–water partition coefficient (Wildman–Crippen LogP) is 3.72. The Balaban J connectivity index is 0. The molecule has 0 spiro atoms. The van der Waals surface area contributed by atoms with E-state index < -0.39 is 31.1 Å². The van der Waals surface area contributed by atoms with Gasteiger partial charge in [0.15, 0.2) is 20.0 Å². The monoisotopic (exact) mass is 438 g/mol. The van der Waals surface area contributed by atoms with E-state index in [9.17, 15) is 43.2 Å². The second-order valence-electron chi connectivity index (χ2n) is 5.28. The van der Waals surface area contributed by atoms with Crippen LogP contribution in [-0.2, 0) is 20.0 Å². The molecule has 0 rings (SSSR count). The lowest BCUT2D eigenvalue weighted by Crippen LogP contribution is -2.48. The average Bonchev–Trinajstić information content (AvgIpc) is 2.47. The Morgan fingerprint density at radius 3 is 1.23 bits per heavy atom. The molecule has 6 nitrogen and oxygen atoms in total. The summed E-state index contributed by atoms with van der Waals surface area (Å²) in [5.41, 5.74) is -12.4. The SMILES string of the molecule is CCCC[N+](CC)(CC)CC.O=S(=O)([N-]S(=O)(=O)C(F)(F)F)C(F)(F)F. The Morgan fingerprint density at radius 2 is 1.04 bits per heavy atom. The molecule has 0 saturated heterocycles. The van der Waals surface area contributed by atoms with Gasteiger partial charge in [0.25, 0.3) is 0 Å². The van der Waals surface area contributed by atoms with Crippen LogP contribution in [0.5, 0.6) is 0 Å². The van der Waals surface area contributed by atoms with E-state index in [1.54, 1.807) is 0 Å². The molecule has 0 heterocycles. The largest absolute Gasteiger partial charge is 0.480 e. The molecule has 26 heavy (non-hydrogen) atoms. The van der Waals surface area contributed by atoms with E-state index in [0.29, 0.717) is 0 Å². The number of nitrogens with zero attached hydrogens (tertiary/aromatic N) is 2. The van der Waals surface area contributed by atoms with Crippen molar-refractivity contribution in [3.8, 4) is 0 Å². The summed E-state index contributed by atoms with van der Waals surface area (Å²) in [6, 6.07) is 0. The smallest absolute Gasteiger partial charge is 0.421 e. The van der Waals surface area contributed by atoms with Crippen LogP contribution in [0.1, 0.15) is 40.5 Å². The highest BCUT2D eigenvalue weighted by atomic mass is 32.3. The van der Waals surface area contributed by atoms with Crippen LogP contribution in [0, 0.1) is 0 Å². The van der Waals surface area contributed by atoms with Crippen LogP contribution in [-0.4, -0.2) is 58.5 Å². The first-order chi connectivity index (χ1) is 11.4. The van der Waals surface area contributed by atoms with E-state index >= 15 is 0 Å². The number of sulfonamides is 2. The first-order valence-corrected chi connectivity index (χ1v) is 10.5. The van der Waals surface area contributed by atoms with Crippen molar-refractivity contribution in [3.63, 3.8) is 0 Å². The van der Waals surface area contributed by atoms with Crippen LogP contribution < -0.4 is 0 Å². The molecule has 0 amide bonds. The number of halogens is 6. The molecule has 160 valence electrons. The van der Waals surface area contributed by atoms with Crippen molar-refractivity contribution in [2.24, 2.45) is 0 Å². The van der Waals surface area contributed by atoms with E-state index in [4.69, 9.17) is 0 Å². The molecule has 0 unspecified atom stereocenters. The van der Waals surface area contributed by atoms with Crippen molar-refractivity contribution in [2.75, 3.05) is 26.2 Å². The van der Waals surface area contributed by atoms with Gasteiger partial charge in [0.05, 0.1) is 26.2 Å². The van der Waals surface area contributed by atoms with Gasteiger partial charge < -0.3 is 8.61 Å². The van der Waals surface area contributed by atoms with Crippen molar-refractivity contribution in [1.29, 1.82) is 0 Å². The normalized spacial score (nSPS) is 13.9. The van der Waals surface area contributed by atoms with E-state index in [2.05, 4.69) is 27.7 Å². The molecule has 0 aromatic carbocycles. The Labute approximate surface area is 150 Å². The van der Waals surface area contributed by atoms with Crippen LogP contribution in [0.15, 0.2) is 0 Å². The molecule has 0 aliphatic heterocycles. The molecule has 0 aliphatic carbocycles. The van der Waals surface area contributed by atoms with Gasteiger partial charge in [-0.3, -0.25) is 0 Å². The Bertz CT molecular complexity index is 560. The summed E-state index contributed by atoms with van der Waals surface area (Å²) < 4.78 is 110. The maximum absolute atomic E-state index is 11.4. The molecule has 0 aromatic rings. The predicted molar refractivity (Wildman–Crippen MR) is 85.0 cm³/mol. The molecule has 0 aliphatic rings. The summed E-state index contributed by atoms with van der Waals surface area (Å²) >= 11 is 0. The fourth-order valence-corrected chi connectivity index (χ4v) is 3.56. The molecule has 0 atom stereocenters. The topological polar surface area (TPSA) is 82.4 Å². The van der Waals surface area contributed by atoms with Gasteiger partial charge in [0.2, 0.25) is 0 Å². The number of rotatable bonds is 8. The van der Waals surface area contributed by atoms with Crippen LogP contribution in [0.2, 0.25) is 0 Å². The van der Waals surface area contributed by atoms with Gasteiger partial charge in [-0.05, 0) is 27.2 Å². The molecular formula is C12H24F6N2O4S2. The Morgan fingerprint density at radius 1 is 0.731 bits per heavy atom. The summed E-state index contributed by atoms with van der Waals surface area (Å²) in [6.45, 7) is 14.5. The number of alkyl halides is 6. The van der Waals surface area contributed by atoms with Crippen molar-refractivity contribution in [3.05, 3.63) is 4.13 Å². The van der Waals surface area contributed by atoms with Gasteiger partial charge in [-0.15, -0.1) is 0 Å². The zero-order valence-corrected chi connectivity index (χ0v) is 16.5. The molecule has 0 radical (unpaired) electrons. The van der Waals surface area contributed by atoms with Gasteiger partial charge in [0.1, 0.15) is 0 Å². The van der Waals surface area contributed by atoms with Crippen molar-refractivity contribution < 1.29 is 47.7 Å². The molecule has 0 N–H and O–H groups in total. The van der Waals surface area contributed by atoms with Crippen molar-refractivity contribution >= 4 is 20.0 Å². The third-order valence-corrected chi connectivity index (χ3v) is 6.52. The van der Waals surface area contributed by atoms with E-state index in [0.717, 1.165) is 4.13 Å². The summed E-state index contributed by atoms with van der Waals surface area (Å²) in [5.74, 6) is 0. The van der Waals surface area contributed by atoms with Crippen molar-refractivity contribution in [1.82, 2.24) is 0 Å². The van der Waals surface area contributed by atoms with E-state index in [1.165, 1.54) is 43.5 Å². The van der Waals surface area contributed by atoms with E-state index in [1.807, 2.05) is 0 Å². The molecule has 0 aromatic heterocycles. The molecule has 0 bridgehead atoms. The summed E-state index contributed by atoms with van der Waals surface area (Å²) in [7, 11) is -13.4. The van der Waals surface area contributed by atoms with Crippen LogP contribution >= 0.6 is 0 Å². The zero-order chi connectivity index (χ0) is 21.4. The molecule has 0 saturated carbocycles. The second-order valence-corrected chi connectivity index (χ2v) is 8.71. The lowest BCUT2D eigenvalue weighted by molar-refractivity contribution is -0.923. The molecule has 0 fully saturated rings. The average molecular weight is 438 g/mol. The lowest BCUT2D eigenvalue weighted by Gasteiger charge is -2.35. The summed E-state index contributed by atoms with van der Waals surface area (Å²) in [4.78, 5) is 0. The highest BCUT2D eigenvalue weighted by Crippen LogP contribution is 2.36. The summed E-state index contributed by atoms with van der Waals surface area (Å²) in [6.07, 6.45) is 2.72. The van der Waals surface area contributed by atoms with Gasteiger partial charge in [0, 0.05) is 0 Å². The molecule has 14 heteroatoms. The third-order valence-electron chi connectivity index (χ3n) is 3.78. The summed E-state index contributed by atoms with van der Waals surface area (Å²) in [5, 5.41) is 0. The van der Waals surface area contributed by atoms with Crippen LogP contribution in [0.4, 0.5) is 26.3 Å². The standard InChI is InChI=1S/C10H24N.C2F6NO4S2/c1-5-9-10-11(6-2,7-3)8-4;3-1(4,5)14(10,11)9-15(12,13)2(6,7)8/h5-10H2,1-4H3;/q+1;-1. The van der Waals surface area contributed by atoms with Gasteiger partial charge in [-0.2, -0.15) is 26.3 Å². The zero-order valence-electron chi connectivity index (χ0n) is 14.9. The third kappa shape index (κ3) is 8.39. The highest BCUT2D eigenvalue weighted by molar-refractivity contribution is 8.13. The molecular weight excluding hydrogens is 414 g/mol. The fourth-order valence-electron chi connectivity index (χ4n) is 1.85. The van der Waals surface area contributed by atoms with Gasteiger partial charge >= 0.3 is 11.0 Å². The maximum atomic E-state index is 11.4. The van der Waals surface area contributed by atoms with Gasteiger partial charge in [-0.25, -0.2) is 16.8 Å². The Hall–Kier alpha value is -0.600.